The summed E-state index contributed by atoms with van der Waals surface area (Å²) in [6.45, 7) is 4.57. The van der Waals surface area contributed by atoms with Crippen molar-refractivity contribution >= 4 is 11.8 Å². The van der Waals surface area contributed by atoms with E-state index in [0.29, 0.717) is 26.4 Å². The van der Waals surface area contributed by atoms with Crippen molar-refractivity contribution < 1.29 is 23.4 Å². The maximum atomic E-state index is 14.5. The normalized spacial score (nSPS) is 19.3. The van der Waals surface area contributed by atoms with Gasteiger partial charge in [0.2, 0.25) is 0 Å². The van der Waals surface area contributed by atoms with Crippen LogP contribution < -0.4 is 5.48 Å². The fourth-order valence-corrected chi connectivity index (χ4v) is 4.89. The third-order valence-corrected chi connectivity index (χ3v) is 6.98. The van der Waals surface area contributed by atoms with Gasteiger partial charge in [0.15, 0.2) is 0 Å². The summed E-state index contributed by atoms with van der Waals surface area (Å²) < 4.78 is 31.1. The molecular weight excluding hydrogens is 429 g/mol. The second-order valence-electron chi connectivity index (χ2n) is 8.07. The molecule has 172 valence electrons. The summed E-state index contributed by atoms with van der Waals surface area (Å²) in [5.74, 6) is -0.250. The monoisotopic (exact) mass is 459 g/mol. The zero-order valence-corrected chi connectivity index (χ0v) is 19.4. The predicted molar refractivity (Wildman–Crippen MR) is 122 cm³/mol. The van der Waals surface area contributed by atoms with Crippen LogP contribution in [0, 0.1) is 5.82 Å². The molecule has 0 amide bonds. The van der Waals surface area contributed by atoms with Crippen molar-refractivity contribution in [2.45, 2.75) is 47.7 Å². The van der Waals surface area contributed by atoms with Crippen molar-refractivity contribution in [3.63, 3.8) is 0 Å². The molecule has 4 rings (SSSR count). The van der Waals surface area contributed by atoms with Crippen LogP contribution in [0.3, 0.4) is 0 Å². The van der Waals surface area contributed by atoms with E-state index in [1.807, 2.05) is 43.3 Å². The van der Waals surface area contributed by atoms with Crippen molar-refractivity contribution in [1.29, 1.82) is 0 Å². The molecule has 2 aromatic rings. The van der Waals surface area contributed by atoms with Crippen LogP contribution in [0.25, 0.3) is 0 Å². The SMILES string of the molecule is COC1(c2cc(F)cc(Sc3ccc(C(C)ONC4=CCOCC4)cc3)c2)CCOCC1. The van der Waals surface area contributed by atoms with Gasteiger partial charge in [-0.3, -0.25) is 10.3 Å². The summed E-state index contributed by atoms with van der Waals surface area (Å²) in [5.41, 5.74) is 5.54. The fourth-order valence-electron chi connectivity index (χ4n) is 3.99. The summed E-state index contributed by atoms with van der Waals surface area (Å²) >= 11 is 1.54. The molecular formula is C25H30FNO4S. The third-order valence-electron chi connectivity index (χ3n) is 6.00. The number of rotatable bonds is 8. The molecule has 0 saturated carbocycles. The van der Waals surface area contributed by atoms with Crippen molar-refractivity contribution in [1.82, 2.24) is 5.48 Å². The molecule has 1 atom stereocenters. The highest BCUT2D eigenvalue weighted by atomic mass is 32.2. The first-order valence-electron chi connectivity index (χ1n) is 11.0. The Morgan fingerprint density at radius 1 is 1.03 bits per heavy atom. The van der Waals surface area contributed by atoms with E-state index in [1.165, 1.54) is 11.8 Å². The van der Waals surface area contributed by atoms with Crippen LogP contribution in [0.15, 0.2) is 64.0 Å². The smallest absolute Gasteiger partial charge is 0.124 e. The molecule has 0 aromatic heterocycles. The number of halogens is 1. The van der Waals surface area contributed by atoms with Crippen LogP contribution >= 0.6 is 11.8 Å². The zero-order chi connectivity index (χ0) is 22.4. The molecule has 2 aliphatic rings. The van der Waals surface area contributed by atoms with E-state index in [2.05, 4.69) is 5.48 Å². The average molecular weight is 460 g/mol. The maximum Gasteiger partial charge on any atom is 0.124 e. The Morgan fingerprint density at radius 3 is 2.50 bits per heavy atom. The summed E-state index contributed by atoms with van der Waals surface area (Å²) in [5, 5.41) is 0. The first-order chi connectivity index (χ1) is 15.6. The van der Waals surface area contributed by atoms with Gasteiger partial charge in [0.1, 0.15) is 11.9 Å². The van der Waals surface area contributed by atoms with E-state index in [0.717, 1.165) is 45.9 Å². The quantitative estimate of drug-likeness (QED) is 0.525. The molecule has 2 aliphatic heterocycles. The van der Waals surface area contributed by atoms with Gasteiger partial charge in [-0.1, -0.05) is 23.9 Å². The fraction of sp³-hybridized carbons (Fsp3) is 0.440. The molecule has 5 nitrogen and oxygen atoms in total. The minimum atomic E-state index is -0.487. The topological polar surface area (TPSA) is 49.0 Å². The molecule has 2 heterocycles. The van der Waals surface area contributed by atoms with Crippen LogP contribution in [0.1, 0.15) is 43.4 Å². The Morgan fingerprint density at radius 2 is 1.81 bits per heavy atom. The lowest BCUT2D eigenvalue weighted by molar-refractivity contribution is -0.0950. The largest absolute Gasteiger partial charge is 0.381 e. The standard InChI is InChI=1S/C25H30FNO4S/c1-18(31-27-22-7-11-29-12-8-22)19-3-5-23(6-4-19)32-24-16-20(15-21(26)17-24)25(28-2)9-13-30-14-10-25/h3-7,15-18,27H,8-14H2,1-2H3. The van der Waals surface area contributed by atoms with Gasteiger partial charge in [-0.25, -0.2) is 4.39 Å². The molecule has 1 saturated heterocycles. The molecule has 32 heavy (non-hydrogen) atoms. The molecule has 0 bridgehead atoms. The van der Waals surface area contributed by atoms with Gasteiger partial charge in [-0.15, -0.1) is 0 Å². The number of benzene rings is 2. The summed E-state index contributed by atoms with van der Waals surface area (Å²) in [4.78, 5) is 7.69. The van der Waals surface area contributed by atoms with Gasteiger partial charge < -0.3 is 14.2 Å². The van der Waals surface area contributed by atoms with E-state index >= 15 is 0 Å². The Bertz CT molecular complexity index is 928. The second kappa shape index (κ2) is 10.8. The number of hydrogen-bond acceptors (Lipinski definition) is 6. The Labute approximate surface area is 193 Å². The lowest BCUT2D eigenvalue weighted by atomic mass is 9.86. The number of ether oxygens (including phenoxy) is 3. The van der Waals surface area contributed by atoms with Crippen LogP contribution in [0.4, 0.5) is 4.39 Å². The number of hydrogen-bond donors (Lipinski definition) is 1. The van der Waals surface area contributed by atoms with E-state index in [4.69, 9.17) is 19.0 Å². The minimum absolute atomic E-state index is 0.103. The van der Waals surface area contributed by atoms with Gasteiger partial charge in [0, 0.05) is 55.1 Å². The lowest BCUT2D eigenvalue weighted by Gasteiger charge is -2.36. The van der Waals surface area contributed by atoms with E-state index in [9.17, 15) is 4.39 Å². The average Bonchev–Trinajstić information content (AvgIpc) is 2.84. The minimum Gasteiger partial charge on any atom is -0.381 e. The molecule has 0 radical (unpaired) electrons. The highest BCUT2D eigenvalue weighted by Crippen LogP contribution is 2.39. The van der Waals surface area contributed by atoms with E-state index < -0.39 is 5.60 Å². The van der Waals surface area contributed by atoms with Gasteiger partial charge in [-0.2, -0.15) is 0 Å². The van der Waals surface area contributed by atoms with Crippen LogP contribution in [0.2, 0.25) is 0 Å². The number of methoxy groups -OCH3 is 1. The lowest BCUT2D eigenvalue weighted by Crippen LogP contribution is -2.35. The third kappa shape index (κ3) is 5.71. The van der Waals surface area contributed by atoms with Crippen molar-refractivity contribution in [2.24, 2.45) is 0 Å². The van der Waals surface area contributed by atoms with Gasteiger partial charge in [0.05, 0.1) is 18.8 Å². The predicted octanol–water partition coefficient (Wildman–Crippen LogP) is 5.52. The van der Waals surface area contributed by atoms with Crippen LogP contribution in [-0.2, 0) is 24.6 Å². The Balaban J connectivity index is 1.42. The summed E-state index contributed by atoms with van der Waals surface area (Å²) in [7, 11) is 1.69. The molecule has 0 spiro atoms. The van der Waals surface area contributed by atoms with Crippen molar-refractivity contribution in [3.05, 3.63) is 71.2 Å². The number of nitrogens with one attached hydrogen (secondary N) is 1. The highest BCUT2D eigenvalue weighted by Gasteiger charge is 2.35. The first-order valence-corrected chi connectivity index (χ1v) is 11.8. The van der Waals surface area contributed by atoms with Crippen molar-refractivity contribution in [3.8, 4) is 0 Å². The second-order valence-corrected chi connectivity index (χ2v) is 9.22. The molecule has 1 fully saturated rings. The van der Waals surface area contributed by atoms with E-state index in [-0.39, 0.29) is 11.9 Å². The van der Waals surface area contributed by atoms with Crippen molar-refractivity contribution in [2.75, 3.05) is 33.5 Å². The first kappa shape index (κ1) is 23.3. The molecule has 7 heteroatoms. The molecule has 2 aromatic carbocycles. The summed E-state index contributed by atoms with van der Waals surface area (Å²) in [6.07, 6.45) is 4.17. The highest BCUT2D eigenvalue weighted by molar-refractivity contribution is 7.99. The van der Waals surface area contributed by atoms with Crippen LogP contribution in [-0.4, -0.2) is 33.5 Å². The van der Waals surface area contributed by atoms with E-state index in [1.54, 1.807) is 19.2 Å². The van der Waals surface area contributed by atoms with Gasteiger partial charge in [0.25, 0.3) is 0 Å². The molecule has 1 N–H and O–H groups in total. The van der Waals surface area contributed by atoms with Gasteiger partial charge in [-0.05, 0) is 54.5 Å². The molecule has 1 unspecified atom stereocenters. The number of hydroxylamine groups is 1. The summed E-state index contributed by atoms with van der Waals surface area (Å²) in [6, 6.07) is 13.4. The zero-order valence-electron chi connectivity index (χ0n) is 18.6. The Hall–Kier alpha value is -1.90. The Kier molecular flexibility index (Phi) is 7.86. The maximum absolute atomic E-state index is 14.5. The van der Waals surface area contributed by atoms with Gasteiger partial charge >= 0.3 is 0 Å². The van der Waals surface area contributed by atoms with Crippen LogP contribution in [0.5, 0.6) is 0 Å². The molecule has 0 aliphatic carbocycles.